The van der Waals surface area contributed by atoms with Crippen molar-refractivity contribution in [1.82, 2.24) is 10.2 Å². The highest BCUT2D eigenvalue weighted by molar-refractivity contribution is 5.27. The van der Waals surface area contributed by atoms with Crippen LogP contribution >= 0.6 is 0 Å². The molecular weight excluding hydrogens is 220 g/mol. The van der Waals surface area contributed by atoms with E-state index in [2.05, 4.69) is 62.2 Å². The van der Waals surface area contributed by atoms with Crippen LogP contribution in [0.25, 0.3) is 0 Å². The average molecular weight is 246 g/mol. The molecule has 0 bridgehead atoms. The molecule has 2 rings (SSSR count). The van der Waals surface area contributed by atoms with Gasteiger partial charge in [0.05, 0.1) is 0 Å². The first-order chi connectivity index (χ1) is 8.47. The van der Waals surface area contributed by atoms with Crippen molar-refractivity contribution in [2.45, 2.75) is 45.7 Å². The molecule has 1 aliphatic rings. The fourth-order valence-electron chi connectivity index (χ4n) is 2.46. The van der Waals surface area contributed by atoms with E-state index < -0.39 is 0 Å². The van der Waals surface area contributed by atoms with Gasteiger partial charge in [0, 0.05) is 32.2 Å². The highest BCUT2D eigenvalue weighted by Crippen LogP contribution is 2.22. The fourth-order valence-corrected chi connectivity index (χ4v) is 2.46. The molecule has 1 heterocycles. The van der Waals surface area contributed by atoms with Gasteiger partial charge < -0.3 is 5.32 Å². The first-order valence-electron chi connectivity index (χ1n) is 7.01. The molecule has 1 fully saturated rings. The van der Waals surface area contributed by atoms with Crippen LogP contribution in [0.2, 0.25) is 0 Å². The minimum atomic E-state index is 0.251. The Hall–Kier alpha value is -0.860. The van der Waals surface area contributed by atoms with Gasteiger partial charge in [0.1, 0.15) is 0 Å². The minimum Gasteiger partial charge on any atom is -0.314 e. The van der Waals surface area contributed by atoms with Gasteiger partial charge in [-0.2, -0.15) is 0 Å². The van der Waals surface area contributed by atoms with Crippen LogP contribution in [0.1, 0.15) is 38.8 Å². The van der Waals surface area contributed by atoms with Crippen molar-refractivity contribution < 1.29 is 0 Å². The molecule has 1 aliphatic heterocycles. The maximum atomic E-state index is 3.44. The van der Waals surface area contributed by atoms with E-state index in [1.54, 1.807) is 0 Å². The molecule has 1 atom stereocenters. The van der Waals surface area contributed by atoms with Crippen molar-refractivity contribution in [3.8, 4) is 0 Å². The summed E-state index contributed by atoms with van der Waals surface area (Å²) in [5.41, 5.74) is 3.09. The summed E-state index contributed by atoms with van der Waals surface area (Å²) in [4.78, 5) is 2.56. The fraction of sp³-hybridized carbons (Fsp3) is 0.625. The van der Waals surface area contributed by atoms with Crippen LogP contribution in [0.5, 0.6) is 0 Å². The van der Waals surface area contributed by atoms with Crippen molar-refractivity contribution in [2.75, 3.05) is 19.6 Å². The van der Waals surface area contributed by atoms with Crippen LogP contribution in [-0.4, -0.2) is 30.6 Å². The van der Waals surface area contributed by atoms with E-state index in [1.165, 1.54) is 11.1 Å². The SMILES string of the molecule is C[C@H]1CNCCN1Cc1ccc(C(C)(C)C)cc1. The van der Waals surface area contributed by atoms with Crippen molar-refractivity contribution in [3.63, 3.8) is 0 Å². The monoisotopic (exact) mass is 246 g/mol. The van der Waals surface area contributed by atoms with Gasteiger partial charge in [0.15, 0.2) is 0 Å². The second-order valence-electron chi connectivity index (χ2n) is 6.47. The number of benzene rings is 1. The molecule has 1 saturated heterocycles. The Bertz CT molecular complexity index is 375. The van der Waals surface area contributed by atoms with Gasteiger partial charge in [-0.25, -0.2) is 0 Å². The number of hydrogen-bond acceptors (Lipinski definition) is 2. The van der Waals surface area contributed by atoms with E-state index >= 15 is 0 Å². The van der Waals surface area contributed by atoms with Crippen molar-refractivity contribution in [3.05, 3.63) is 35.4 Å². The number of nitrogens with one attached hydrogen (secondary N) is 1. The summed E-state index contributed by atoms with van der Waals surface area (Å²) in [5, 5.41) is 3.44. The molecule has 0 saturated carbocycles. The Labute approximate surface area is 111 Å². The van der Waals surface area contributed by atoms with Gasteiger partial charge in [-0.1, -0.05) is 45.0 Å². The summed E-state index contributed by atoms with van der Waals surface area (Å²) in [7, 11) is 0. The molecule has 0 spiro atoms. The molecule has 0 aromatic heterocycles. The predicted molar refractivity (Wildman–Crippen MR) is 77.9 cm³/mol. The number of rotatable bonds is 2. The van der Waals surface area contributed by atoms with E-state index in [4.69, 9.17) is 0 Å². The van der Waals surface area contributed by atoms with Crippen LogP contribution < -0.4 is 5.32 Å². The standard InChI is InChI=1S/C16H26N2/c1-13-11-17-9-10-18(13)12-14-5-7-15(8-6-14)16(2,3)4/h5-8,13,17H,9-12H2,1-4H3/t13-/m0/s1. The van der Waals surface area contributed by atoms with Gasteiger partial charge >= 0.3 is 0 Å². The lowest BCUT2D eigenvalue weighted by molar-refractivity contribution is 0.165. The first kappa shape index (κ1) is 13.6. The van der Waals surface area contributed by atoms with Crippen LogP contribution in [0.3, 0.4) is 0 Å². The summed E-state index contributed by atoms with van der Waals surface area (Å²) in [6.07, 6.45) is 0. The lowest BCUT2D eigenvalue weighted by atomic mass is 9.86. The average Bonchev–Trinajstić information content (AvgIpc) is 2.32. The van der Waals surface area contributed by atoms with E-state index in [-0.39, 0.29) is 5.41 Å². The lowest BCUT2D eigenvalue weighted by Crippen LogP contribution is -2.49. The molecule has 100 valence electrons. The largest absolute Gasteiger partial charge is 0.314 e. The summed E-state index contributed by atoms with van der Waals surface area (Å²) in [6, 6.07) is 9.77. The first-order valence-corrected chi connectivity index (χ1v) is 7.01. The highest BCUT2D eigenvalue weighted by Gasteiger charge is 2.18. The maximum absolute atomic E-state index is 3.44. The Kier molecular flexibility index (Phi) is 4.08. The molecule has 0 unspecified atom stereocenters. The molecule has 0 amide bonds. The summed E-state index contributed by atoms with van der Waals surface area (Å²) < 4.78 is 0. The number of nitrogens with zero attached hydrogens (tertiary/aromatic N) is 1. The predicted octanol–water partition coefficient (Wildman–Crippen LogP) is 2.78. The summed E-state index contributed by atoms with van der Waals surface area (Å²) in [6.45, 7) is 13.6. The van der Waals surface area contributed by atoms with E-state index in [0.29, 0.717) is 6.04 Å². The zero-order chi connectivity index (χ0) is 13.2. The molecule has 2 heteroatoms. The van der Waals surface area contributed by atoms with E-state index in [9.17, 15) is 0 Å². The second-order valence-corrected chi connectivity index (χ2v) is 6.47. The van der Waals surface area contributed by atoms with E-state index in [1.807, 2.05) is 0 Å². The Morgan fingerprint density at radius 2 is 1.89 bits per heavy atom. The molecule has 1 aromatic rings. The summed E-state index contributed by atoms with van der Waals surface area (Å²) in [5.74, 6) is 0. The molecule has 1 N–H and O–H groups in total. The van der Waals surface area contributed by atoms with Crippen LogP contribution in [-0.2, 0) is 12.0 Å². The molecule has 2 nitrogen and oxygen atoms in total. The van der Waals surface area contributed by atoms with Gasteiger partial charge in [0.25, 0.3) is 0 Å². The van der Waals surface area contributed by atoms with E-state index in [0.717, 1.165) is 26.2 Å². The number of hydrogen-bond donors (Lipinski definition) is 1. The maximum Gasteiger partial charge on any atom is 0.0237 e. The molecule has 0 radical (unpaired) electrons. The van der Waals surface area contributed by atoms with Crippen LogP contribution in [0, 0.1) is 0 Å². The summed E-state index contributed by atoms with van der Waals surface area (Å²) >= 11 is 0. The third kappa shape index (κ3) is 3.33. The van der Waals surface area contributed by atoms with Crippen LogP contribution in [0.15, 0.2) is 24.3 Å². The lowest BCUT2D eigenvalue weighted by Gasteiger charge is -2.34. The Morgan fingerprint density at radius 3 is 2.44 bits per heavy atom. The second kappa shape index (κ2) is 5.41. The number of piperazine rings is 1. The Morgan fingerprint density at radius 1 is 1.22 bits per heavy atom. The smallest absolute Gasteiger partial charge is 0.0237 e. The zero-order valence-electron chi connectivity index (χ0n) is 12.2. The highest BCUT2D eigenvalue weighted by atomic mass is 15.2. The normalized spacial score (nSPS) is 22.1. The topological polar surface area (TPSA) is 15.3 Å². The van der Waals surface area contributed by atoms with Gasteiger partial charge in [-0.05, 0) is 23.5 Å². The molecular formula is C16H26N2. The minimum absolute atomic E-state index is 0.251. The van der Waals surface area contributed by atoms with Crippen molar-refractivity contribution in [2.24, 2.45) is 0 Å². The van der Waals surface area contributed by atoms with Crippen molar-refractivity contribution >= 4 is 0 Å². The zero-order valence-corrected chi connectivity index (χ0v) is 12.2. The Balaban J connectivity index is 2.02. The third-order valence-corrected chi connectivity index (χ3v) is 3.84. The van der Waals surface area contributed by atoms with Crippen LogP contribution in [0.4, 0.5) is 0 Å². The molecule has 1 aromatic carbocycles. The van der Waals surface area contributed by atoms with Crippen molar-refractivity contribution in [1.29, 1.82) is 0 Å². The molecule has 0 aliphatic carbocycles. The van der Waals surface area contributed by atoms with Gasteiger partial charge in [-0.3, -0.25) is 4.90 Å². The third-order valence-electron chi connectivity index (χ3n) is 3.84. The quantitative estimate of drug-likeness (QED) is 0.863. The van der Waals surface area contributed by atoms with Gasteiger partial charge in [-0.15, -0.1) is 0 Å². The van der Waals surface area contributed by atoms with Gasteiger partial charge in [0.2, 0.25) is 0 Å². The molecule has 18 heavy (non-hydrogen) atoms.